The third-order valence-corrected chi connectivity index (χ3v) is 5.62. The van der Waals surface area contributed by atoms with Gasteiger partial charge in [0.25, 0.3) is 0 Å². The van der Waals surface area contributed by atoms with E-state index in [1.807, 2.05) is 12.1 Å². The third-order valence-electron chi connectivity index (χ3n) is 5.07. The minimum atomic E-state index is -0.298. The summed E-state index contributed by atoms with van der Waals surface area (Å²) in [6, 6.07) is 11.1. The Hall–Kier alpha value is -1.29. The molecule has 2 aromatic carbocycles. The van der Waals surface area contributed by atoms with E-state index in [2.05, 4.69) is 17.4 Å². The van der Waals surface area contributed by atoms with E-state index in [0.29, 0.717) is 22.9 Å². The third kappa shape index (κ3) is 4.28. The summed E-state index contributed by atoms with van der Waals surface area (Å²) in [6.45, 7) is 4.13. The number of nitrogens with one attached hydrogen (secondary N) is 1. The minimum Gasteiger partial charge on any atom is -0.492 e. The number of hydrogen-bond donors (Lipinski definition) is 1. The van der Waals surface area contributed by atoms with Gasteiger partial charge in [0, 0.05) is 16.5 Å². The van der Waals surface area contributed by atoms with Gasteiger partial charge in [-0.3, -0.25) is 0 Å². The Kier molecular flexibility index (Phi) is 5.88. The maximum atomic E-state index is 13.8. The summed E-state index contributed by atoms with van der Waals surface area (Å²) in [5.41, 5.74) is 1.85. The molecule has 0 spiro atoms. The smallest absolute Gasteiger partial charge is 0.140 e. The maximum absolute atomic E-state index is 13.8. The number of ether oxygens (including phenoxy) is 1. The number of halogens is 3. The number of piperidine rings is 1. The van der Waals surface area contributed by atoms with Gasteiger partial charge < -0.3 is 10.1 Å². The Labute approximate surface area is 158 Å². The van der Waals surface area contributed by atoms with Crippen LogP contribution in [0.5, 0.6) is 5.75 Å². The predicted molar refractivity (Wildman–Crippen MR) is 101 cm³/mol. The first-order valence-electron chi connectivity index (χ1n) is 8.55. The Bertz CT molecular complexity index is 727. The lowest BCUT2D eigenvalue weighted by atomic mass is 9.71. The molecule has 2 aromatic rings. The zero-order valence-electron chi connectivity index (χ0n) is 14.2. The molecular formula is C20H22Cl2FNO. The molecule has 0 aromatic heterocycles. The van der Waals surface area contributed by atoms with Gasteiger partial charge in [-0.25, -0.2) is 4.39 Å². The summed E-state index contributed by atoms with van der Waals surface area (Å²) < 4.78 is 19.6. The van der Waals surface area contributed by atoms with Gasteiger partial charge in [0.1, 0.15) is 11.6 Å². The lowest BCUT2D eigenvalue weighted by molar-refractivity contribution is 0.217. The second-order valence-corrected chi connectivity index (χ2v) is 7.51. The van der Waals surface area contributed by atoms with Crippen molar-refractivity contribution in [3.63, 3.8) is 0 Å². The maximum Gasteiger partial charge on any atom is 0.140 e. The quantitative estimate of drug-likeness (QED) is 0.734. The SMILES string of the molecule is Cc1cc(Cl)c(OCCC2(c3ccc(Cl)cc3)CCNCC2)cc1F. The fourth-order valence-electron chi connectivity index (χ4n) is 3.49. The van der Waals surface area contributed by atoms with Crippen LogP contribution in [0.3, 0.4) is 0 Å². The standard InChI is InChI=1S/C20H22Cl2FNO/c1-14-12-17(22)19(13-18(14)23)25-11-8-20(6-9-24-10-7-20)15-2-4-16(21)5-3-15/h2-5,12-13,24H,6-11H2,1H3. The highest BCUT2D eigenvalue weighted by Crippen LogP contribution is 2.38. The molecule has 1 aliphatic rings. The molecule has 3 rings (SSSR count). The molecule has 0 unspecified atom stereocenters. The second kappa shape index (κ2) is 7.94. The molecule has 5 heteroatoms. The lowest BCUT2D eigenvalue weighted by Crippen LogP contribution is -2.40. The molecule has 134 valence electrons. The number of hydrogen-bond acceptors (Lipinski definition) is 2. The second-order valence-electron chi connectivity index (χ2n) is 6.67. The largest absolute Gasteiger partial charge is 0.492 e. The summed E-state index contributed by atoms with van der Waals surface area (Å²) in [6.07, 6.45) is 2.92. The molecule has 1 fully saturated rings. The minimum absolute atomic E-state index is 0.0472. The van der Waals surface area contributed by atoms with Gasteiger partial charge in [0.2, 0.25) is 0 Å². The molecule has 0 radical (unpaired) electrons. The van der Waals surface area contributed by atoms with E-state index in [0.717, 1.165) is 37.4 Å². The normalized spacial score (nSPS) is 16.6. The molecule has 0 saturated carbocycles. The van der Waals surface area contributed by atoms with Crippen molar-refractivity contribution in [1.29, 1.82) is 0 Å². The molecule has 1 saturated heterocycles. The fraction of sp³-hybridized carbons (Fsp3) is 0.400. The van der Waals surface area contributed by atoms with E-state index in [1.54, 1.807) is 13.0 Å². The van der Waals surface area contributed by atoms with Gasteiger partial charge in [-0.1, -0.05) is 35.3 Å². The molecule has 0 aliphatic carbocycles. The van der Waals surface area contributed by atoms with E-state index in [-0.39, 0.29) is 11.2 Å². The molecule has 1 heterocycles. The summed E-state index contributed by atoms with van der Waals surface area (Å²) in [7, 11) is 0. The Morgan fingerprint density at radius 1 is 1.12 bits per heavy atom. The molecule has 0 bridgehead atoms. The highest BCUT2D eigenvalue weighted by Gasteiger charge is 2.33. The monoisotopic (exact) mass is 381 g/mol. The van der Waals surface area contributed by atoms with Crippen LogP contribution >= 0.6 is 23.2 Å². The Morgan fingerprint density at radius 3 is 2.48 bits per heavy atom. The van der Waals surface area contributed by atoms with Gasteiger partial charge in [-0.2, -0.15) is 0 Å². The fourth-order valence-corrected chi connectivity index (χ4v) is 3.89. The average Bonchev–Trinajstić information content (AvgIpc) is 2.61. The number of rotatable bonds is 5. The van der Waals surface area contributed by atoms with Crippen LogP contribution in [0.15, 0.2) is 36.4 Å². The van der Waals surface area contributed by atoms with Gasteiger partial charge >= 0.3 is 0 Å². The van der Waals surface area contributed by atoms with Crippen LogP contribution in [0.2, 0.25) is 10.0 Å². The number of aryl methyl sites for hydroxylation is 1. The molecule has 2 nitrogen and oxygen atoms in total. The van der Waals surface area contributed by atoms with Crippen molar-refractivity contribution >= 4 is 23.2 Å². The van der Waals surface area contributed by atoms with Crippen LogP contribution in [0.25, 0.3) is 0 Å². The first-order chi connectivity index (χ1) is 12.0. The average molecular weight is 382 g/mol. The van der Waals surface area contributed by atoms with Gasteiger partial charge in [0.05, 0.1) is 11.6 Å². The van der Waals surface area contributed by atoms with Crippen molar-refractivity contribution in [2.45, 2.75) is 31.6 Å². The van der Waals surface area contributed by atoms with Crippen LogP contribution in [0, 0.1) is 12.7 Å². The van der Waals surface area contributed by atoms with Crippen LogP contribution in [-0.4, -0.2) is 19.7 Å². The molecular weight excluding hydrogens is 360 g/mol. The molecule has 1 aliphatic heterocycles. The van der Waals surface area contributed by atoms with Crippen molar-refractivity contribution < 1.29 is 9.13 Å². The van der Waals surface area contributed by atoms with Gasteiger partial charge in [-0.15, -0.1) is 0 Å². The summed E-state index contributed by atoms with van der Waals surface area (Å²) in [5, 5.41) is 4.60. The van der Waals surface area contributed by atoms with Crippen molar-refractivity contribution in [1.82, 2.24) is 5.32 Å². The van der Waals surface area contributed by atoms with Crippen LogP contribution < -0.4 is 10.1 Å². The van der Waals surface area contributed by atoms with E-state index < -0.39 is 0 Å². The molecule has 25 heavy (non-hydrogen) atoms. The summed E-state index contributed by atoms with van der Waals surface area (Å²) in [5.74, 6) is 0.110. The van der Waals surface area contributed by atoms with E-state index in [9.17, 15) is 4.39 Å². The predicted octanol–water partition coefficient (Wildman–Crippen LogP) is 5.53. The summed E-state index contributed by atoms with van der Waals surface area (Å²) in [4.78, 5) is 0. The van der Waals surface area contributed by atoms with Gasteiger partial charge in [0.15, 0.2) is 0 Å². The molecule has 0 atom stereocenters. The van der Waals surface area contributed by atoms with Crippen molar-refractivity contribution in [3.8, 4) is 5.75 Å². The zero-order valence-corrected chi connectivity index (χ0v) is 15.8. The molecule has 1 N–H and O–H groups in total. The van der Waals surface area contributed by atoms with Crippen molar-refractivity contribution in [2.24, 2.45) is 0 Å². The Balaban J connectivity index is 1.73. The first-order valence-corrected chi connectivity index (χ1v) is 9.31. The van der Waals surface area contributed by atoms with E-state index in [4.69, 9.17) is 27.9 Å². The topological polar surface area (TPSA) is 21.3 Å². The van der Waals surface area contributed by atoms with Crippen LogP contribution in [0.1, 0.15) is 30.4 Å². The highest BCUT2D eigenvalue weighted by atomic mass is 35.5. The van der Waals surface area contributed by atoms with Crippen molar-refractivity contribution in [3.05, 3.63) is 63.4 Å². The lowest BCUT2D eigenvalue weighted by Gasteiger charge is -2.38. The Morgan fingerprint density at radius 2 is 1.80 bits per heavy atom. The van der Waals surface area contributed by atoms with Crippen molar-refractivity contribution in [2.75, 3.05) is 19.7 Å². The number of benzene rings is 2. The van der Waals surface area contributed by atoms with E-state index >= 15 is 0 Å². The van der Waals surface area contributed by atoms with Crippen LogP contribution in [-0.2, 0) is 5.41 Å². The first kappa shape index (κ1) is 18.5. The van der Waals surface area contributed by atoms with Crippen LogP contribution in [0.4, 0.5) is 4.39 Å². The zero-order chi connectivity index (χ0) is 17.9. The molecule has 0 amide bonds. The van der Waals surface area contributed by atoms with Gasteiger partial charge in [-0.05, 0) is 68.6 Å². The highest BCUT2D eigenvalue weighted by molar-refractivity contribution is 6.32. The summed E-state index contributed by atoms with van der Waals surface area (Å²) >= 11 is 12.2. The van der Waals surface area contributed by atoms with E-state index in [1.165, 1.54) is 11.6 Å².